The average Bonchev–Trinajstić information content (AvgIpc) is 2.30. The maximum absolute atomic E-state index is 3.51. The molecule has 1 fully saturated rings. The van der Waals surface area contributed by atoms with E-state index in [2.05, 4.69) is 59.2 Å². The number of hydrogen-bond acceptors (Lipinski definition) is 1. The molecular weight excluding hydrogens is 262 g/mol. The van der Waals surface area contributed by atoms with Crippen LogP contribution in [0.5, 0.6) is 0 Å². The normalized spacial score (nSPS) is 20.0. The van der Waals surface area contributed by atoms with Crippen molar-refractivity contribution in [1.82, 2.24) is 4.90 Å². The minimum atomic E-state index is 0.277. The summed E-state index contributed by atoms with van der Waals surface area (Å²) in [5.41, 5.74) is 1.75. The van der Waals surface area contributed by atoms with Crippen molar-refractivity contribution < 1.29 is 0 Å². The molecule has 1 nitrogen and oxygen atoms in total. The minimum Gasteiger partial charge on any atom is -0.300 e. The fourth-order valence-electron chi connectivity index (χ4n) is 2.89. The van der Waals surface area contributed by atoms with Crippen molar-refractivity contribution in [3.63, 3.8) is 0 Å². The van der Waals surface area contributed by atoms with Gasteiger partial charge in [0.2, 0.25) is 0 Å². The number of nitrogens with zero attached hydrogens (tertiary/aromatic N) is 1. The Hall–Kier alpha value is -0.340. The predicted molar refractivity (Wildman–Crippen MR) is 72.6 cm³/mol. The summed E-state index contributed by atoms with van der Waals surface area (Å²) in [7, 11) is 4.43. The van der Waals surface area contributed by atoms with Crippen LogP contribution >= 0.6 is 15.9 Å². The summed E-state index contributed by atoms with van der Waals surface area (Å²) in [6, 6.07) is 8.87. The molecule has 0 heterocycles. The molecule has 1 aromatic rings. The van der Waals surface area contributed by atoms with E-state index in [-0.39, 0.29) is 5.54 Å². The molecule has 16 heavy (non-hydrogen) atoms. The zero-order valence-corrected chi connectivity index (χ0v) is 11.8. The van der Waals surface area contributed by atoms with Crippen LogP contribution in [0, 0.1) is 0 Å². The van der Waals surface area contributed by atoms with E-state index in [0.717, 1.165) is 0 Å². The Morgan fingerprint density at radius 3 is 2.06 bits per heavy atom. The second-order valence-corrected chi connectivity index (χ2v) is 5.91. The molecule has 1 aliphatic rings. The Balaban J connectivity index is 2.34. The molecule has 0 unspecified atom stereocenters. The van der Waals surface area contributed by atoms with Crippen LogP contribution in [0.25, 0.3) is 0 Å². The Kier molecular flexibility index (Phi) is 3.70. The molecule has 1 aromatic carbocycles. The molecular formula is C14H20BrN. The van der Waals surface area contributed by atoms with Crippen molar-refractivity contribution in [3.05, 3.63) is 34.3 Å². The lowest BCUT2D eigenvalue weighted by Crippen LogP contribution is -2.42. The molecule has 1 aliphatic carbocycles. The Bertz CT molecular complexity index is 336. The van der Waals surface area contributed by atoms with Gasteiger partial charge in [0.05, 0.1) is 0 Å². The van der Waals surface area contributed by atoms with Crippen LogP contribution in [0.4, 0.5) is 0 Å². The maximum Gasteiger partial charge on any atom is 0.0454 e. The molecule has 0 saturated heterocycles. The summed E-state index contributed by atoms with van der Waals surface area (Å²) in [6.45, 7) is 0. The minimum absolute atomic E-state index is 0.277. The van der Waals surface area contributed by atoms with E-state index in [4.69, 9.17) is 0 Å². The molecule has 0 amide bonds. The summed E-state index contributed by atoms with van der Waals surface area (Å²) in [5.74, 6) is 0. The van der Waals surface area contributed by atoms with Gasteiger partial charge < -0.3 is 0 Å². The highest BCUT2D eigenvalue weighted by molar-refractivity contribution is 9.10. The van der Waals surface area contributed by atoms with Crippen molar-refractivity contribution in [2.24, 2.45) is 0 Å². The maximum atomic E-state index is 3.51. The van der Waals surface area contributed by atoms with Gasteiger partial charge in [0.15, 0.2) is 0 Å². The number of benzene rings is 1. The Morgan fingerprint density at radius 1 is 1.00 bits per heavy atom. The highest BCUT2D eigenvalue weighted by atomic mass is 79.9. The van der Waals surface area contributed by atoms with Crippen molar-refractivity contribution in [1.29, 1.82) is 0 Å². The summed E-state index contributed by atoms with van der Waals surface area (Å²) in [4.78, 5) is 2.41. The molecule has 0 bridgehead atoms. The Labute approximate surface area is 107 Å². The van der Waals surface area contributed by atoms with Crippen LogP contribution in [0.2, 0.25) is 0 Å². The van der Waals surface area contributed by atoms with Crippen molar-refractivity contribution in [3.8, 4) is 0 Å². The largest absolute Gasteiger partial charge is 0.300 e. The third-order valence-corrected chi connectivity index (χ3v) is 4.45. The topological polar surface area (TPSA) is 3.24 Å². The van der Waals surface area contributed by atoms with E-state index in [1.54, 1.807) is 0 Å². The van der Waals surface area contributed by atoms with E-state index >= 15 is 0 Å². The standard InChI is InChI=1S/C14H20BrN/c1-16(2)14(10-4-3-5-11-14)12-6-8-13(15)9-7-12/h6-9H,3-5,10-11H2,1-2H3. The number of halogens is 1. The number of hydrogen-bond donors (Lipinski definition) is 0. The predicted octanol–water partition coefficient (Wildman–Crippen LogP) is 4.17. The number of rotatable bonds is 2. The van der Waals surface area contributed by atoms with Crippen LogP contribution in [-0.4, -0.2) is 19.0 Å². The molecule has 0 spiro atoms. The van der Waals surface area contributed by atoms with Gasteiger partial charge in [0.1, 0.15) is 0 Å². The van der Waals surface area contributed by atoms with Gasteiger partial charge in [-0.3, -0.25) is 4.90 Å². The van der Waals surface area contributed by atoms with Crippen molar-refractivity contribution >= 4 is 15.9 Å². The van der Waals surface area contributed by atoms with Crippen LogP contribution in [0.3, 0.4) is 0 Å². The molecule has 0 aliphatic heterocycles. The third kappa shape index (κ3) is 2.18. The molecule has 88 valence electrons. The summed E-state index contributed by atoms with van der Waals surface area (Å²) >= 11 is 3.51. The fraction of sp³-hybridized carbons (Fsp3) is 0.571. The van der Waals surface area contributed by atoms with E-state index in [9.17, 15) is 0 Å². The van der Waals surface area contributed by atoms with Crippen molar-refractivity contribution in [2.45, 2.75) is 37.6 Å². The first-order chi connectivity index (χ1) is 7.65. The third-order valence-electron chi connectivity index (χ3n) is 3.92. The summed E-state index contributed by atoms with van der Waals surface area (Å²) in [6.07, 6.45) is 6.69. The molecule has 1 saturated carbocycles. The lowest BCUT2D eigenvalue weighted by atomic mass is 9.76. The quantitative estimate of drug-likeness (QED) is 0.787. The van der Waals surface area contributed by atoms with Crippen molar-refractivity contribution in [2.75, 3.05) is 14.1 Å². The van der Waals surface area contributed by atoms with Gasteiger partial charge in [-0.2, -0.15) is 0 Å². The molecule has 2 rings (SSSR count). The van der Waals surface area contributed by atoms with Gasteiger partial charge in [-0.1, -0.05) is 47.3 Å². The van der Waals surface area contributed by atoms with Crippen LogP contribution in [0.1, 0.15) is 37.7 Å². The lowest BCUT2D eigenvalue weighted by molar-refractivity contribution is 0.0988. The lowest BCUT2D eigenvalue weighted by Gasteiger charge is -2.43. The molecule has 0 N–H and O–H groups in total. The monoisotopic (exact) mass is 281 g/mol. The van der Waals surface area contributed by atoms with Gasteiger partial charge in [0, 0.05) is 10.0 Å². The first-order valence-electron chi connectivity index (χ1n) is 6.09. The zero-order valence-electron chi connectivity index (χ0n) is 10.2. The summed E-state index contributed by atoms with van der Waals surface area (Å²) < 4.78 is 1.17. The fourth-order valence-corrected chi connectivity index (χ4v) is 3.16. The SMILES string of the molecule is CN(C)C1(c2ccc(Br)cc2)CCCCC1. The van der Waals surface area contributed by atoms with Gasteiger partial charge in [-0.15, -0.1) is 0 Å². The first-order valence-corrected chi connectivity index (χ1v) is 6.88. The zero-order chi connectivity index (χ0) is 11.6. The van der Waals surface area contributed by atoms with Gasteiger partial charge in [0.25, 0.3) is 0 Å². The van der Waals surface area contributed by atoms with Crippen LogP contribution in [-0.2, 0) is 5.54 Å². The van der Waals surface area contributed by atoms with E-state index < -0.39 is 0 Å². The molecule has 2 heteroatoms. The second kappa shape index (κ2) is 4.89. The molecule has 0 radical (unpaired) electrons. The second-order valence-electron chi connectivity index (χ2n) is 4.99. The Morgan fingerprint density at radius 2 is 1.56 bits per heavy atom. The molecule has 0 aromatic heterocycles. The average molecular weight is 282 g/mol. The molecule has 0 atom stereocenters. The van der Waals surface area contributed by atoms with E-state index in [1.807, 2.05) is 0 Å². The summed E-state index contributed by atoms with van der Waals surface area (Å²) in [5, 5.41) is 0. The first kappa shape index (κ1) is 12.1. The van der Waals surface area contributed by atoms with Gasteiger partial charge >= 0.3 is 0 Å². The smallest absolute Gasteiger partial charge is 0.0454 e. The van der Waals surface area contributed by atoms with Gasteiger partial charge in [-0.25, -0.2) is 0 Å². The van der Waals surface area contributed by atoms with E-state index in [0.29, 0.717) is 0 Å². The van der Waals surface area contributed by atoms with Gasteiger partial charge in [-0.05, 0) is 44.6 Å². The van der Waals surface area contributed by atoms with Crippen LogP contribution < -0.4 is 0 Å². The highest BCUT2D eigenvalue weighted by Gasteiger charge is 2.35. The highest BCUT2D eigenvalue weighted by Crippen LogP contribution is 2.41. The van der Waals surface area contributed by atoms with Crippen LogP contribution in [0.15, 0.2) is 28.7 Å². The van der Waals surface area contributed by atoms with E-state index in [1.165, 1.54) is 42.1 Å².